The van der Waals surface area contributed by atoms with Crippen molar-refractivity contribution in [3.05, 3.63) is 36.7 Å². The van der Waals surface area contributed by atoms with Crippen LogP contribution in [0.2, 0.25) is 0 Å². The van der Waals surface area contributed by atoms with Gasteiger partial charge in [-0.05, 0) is 18.2 Å². The lowest BCUT2D eigenvalue weighted by atomic mass is 10.2. The number of nitrogen functional groups attached to an aromatic ring is 1. The quantitative estimate of drug-likeness (QED) is 0.618. The summed E-state index contributed by atoms with van der Waals surface area (Å²) in [5.74, 6) is 0.903. The van der Waals surface area contributed by atoms with Gasteiger partial charge in [-0.1, -0.05) is 6.07 Å². The van der Waals surface area contributed by atoms with Crippen molar-refractivity contribution in [3.8, 4) is 0 Å². The van der Waals surface area contributed by atoms with Gasteiger partial charge in [0.2, 0.25) is 5.95 Å². The summed E-state index contributed by atoms with van der Waals surface area (Å²) in [7, 11) is 0. The summed E-state index contributed by atoms with van der Waals surface area (Å²) < 4.78 is 0. The molecule has 3 rings (SSSR count). The minimum atomic E-state index is 0.245. The van der Waals surface area contributed by atoms with Crippen LogP contribution >= 0.6 is 0 Å². The van der Waals surface area contributed by atoms with Crippen LogP contribution in [0, 0.1) is 0 Å². The molecule has 0 aliphatic carbocycles. The third-order valence-electron chi connectivity index (χ3n) is 2.42. The number of hydrogen-bond acceptors (Lipinski definition) is 5. The first-order chi connectivity index (χ1) is 8.33. The van der Waals surface area contributed by atoms with E-state index in [1.54, 1.807) is 18.5 Å². The minimum absolute atomic E-state index is 0.245. The zero-order chi connectivity index (χ0) is 11.7. The fraction of sp³-hybridized carbons (Fsp3) is 0. The predicted molar refractivity (Wildman–Crippen MR) is 65.8 cm³/mol. The number of fused-ring (bicyclic) bond motifs is 1. The van der Waals surface area contributed by atoms with E-state index in [0.717, 1.165) is 16.6 Å². The van der Waals surface area contributed by atoms with Crippen molar-refractivity contribution in [3.63, 3.8) is 0 Å². The molecule has 0 spiro atoms. The van der Waals surface area contributed by atoms with E-state index in [0.29, 0.717) is 5.82 Å². The molecule has 0 fully saturated rings. The Morgan fingerprint density at radius 3 is 3.06 bits per heavy atom. The van der Waals surface area contributed by atoms with Crippen LogP contribution in [-0.2, 0) is 0 Å². The number of aromatic nitrogens is 4. The lowest BCUT2D eigenvalue weighted by Gasteiger charge is -2.06. The summed E-state index contributed by atoms with van der Waals surface area (Å²) in [6.07, 6.45) is 3.38. The Morgan fingerprint density at radius 1 is 1.24 bits per heavy atom. The van der Waals surface area contributed by atoms with Crippen LogP contribution in [0.3, 0.4) is 0 Å². The molecule has 0 aliphatic rings. The summed E-state index contributed by atoms with van der Waals surface area (Å²) in [6, 6.07) is 7.61. The molecule has 0 saturated carbocycles. The van der Waals surface area contributed by atoms with Gasteiger partial charge in [0.1, 0.15) is 5.82 Å². The van der Waals surface area contributed by atoms with Gasteiger partial charge in [0.15, 0.2) is 0 Å². The number of nitrogens with two attached hydrogens (primary N) is 1. The van der Waals surface area contributed by atoms with Gasteiger partial charge in [0.05, 0.1) is 17.4 Å². The Hall–Kier alpha value is -2.63. The number of nitrogens with zero attached hydrogens (tertiary/aromatic N) is 3. The minimum Gasteiger partial charge on any atom is -0.368 e. The average Bonchev–Trinajstić information content (AvgIpc) is 2.78. The zero-order valence-electron chi connectivity index (χ0n) is 8.88. The molecular formula is C11H10N6. The van der Waals surface area contributed by atoms with E-state index in [9.17, 15) is 0 Å². The fourth-order valence-electron chi connectivity index (χ4n) is 1.66. The van der Waals surface area contributed by atoms with Gasteiger partial charge in [-0.25, -0.2) is 4.98 Å². The Labute approximate surface area is 96.9 Å². The van der Waals surface area contributed by atoms with Crippen LogP contribution in [0.25, 0.3) is 10.9 Å². The molecule has 6 nitrogen and oxygen atoms in total. The summed E-state index contributed by atoms with van der Waals surface area (Å²) in [5.41, 5.74) is 7.42. The van der Waals surface area contributed by atoms with Crippen molar-refractivity contribution in [1.82, 2.24) is 20.2 Å². The summed E-state index contributed by atoms with van der Waals surface area (Å²) in [6.45, 7) is 0. The molecular weight excluding hydrogens is 216 g/mol. The topological polar surface area (TPSA) is 92.5 Å². The number of aromatic amines is 1. The smallest absolute Gasteiger partial charge is 0.221 e. The molecule has 2 aromatic heterocycles. The number of H-pyrrole nitrogens is 1. The number of benzene rings is 1. The molecule has 4 N–H and O–H groups in total. The van der Waals surface area contributed by atoms with Crippen molar-refractivity contribution in [2.75, 3.05) is 11.1 Å². The maximum atomic E-state index is 5.52. The molecule has 3 aromatic rings. The second kappa shape index (κ2) is 3.75. The first-order valence-electron chi connectivity index (χ1n) is 5.10. The maximum absolute atomic E-state index is 5.52. The molecule has 0 saturated heterocycles. The fourth-order valence-corrected chi connectivity index (χ4v) is 1.66. The van der Waals surface area contributed by atoms with Crippen LogP contribution in [0.1, 0.15) is 0 Å². The Balaban J connectivity index is 2.02. The van der Waals surface area contributed by atoms with Crippen LogP contribution < -0.4 is 11.1 Å². The Bertz CT molecular complexity index is 660. The second-order valence-corrected chi connectivity index (χ2v) is 3.56. The SMILES string of the molecule is Nc1nccc(Nc2cccc3[nH]ncc23)n1. The Kier molecular flexibility index (Phi) is 2.11. The van der Waals surface area contributed by atoms with E-state index < -0.39 is 0 Å². The van der Waals surface area contributed by atoms with Gasteiger partial charge in [-0.3, -0.25) is 5.10 Å². The van der Waals surface area contributed by atoms with Crippen molar-refractivity contribution >= 4 is 28.4 Å². The third-order valence-corrected chi connectivity index (χ3v) is 2.42. The van der Waals surface area contributed by atoms with Gasteiger partial charge < -0.3 is 11.1 Å². The largest absolute Gasteiger partial charge is 0.368 e. The first kappa shape index (κ1) is 9.59. The number of nitrogens with one attached hydrogen (secondary N) is 2. The Morgan fingerprint density at radius 2 is 2.18 bits per heavy atom. The normalized spacial score (nSPS) is 10.6. The van der Waals surface area contributed by atoms with Crippen LogP contribution in [-0.4, -0.2) is 20.2 Å². The monoisotopic (exact) mass is 226 g/mol. The van der Waals surface area contributed by atoms with Crippen LogP contribution in [0.4, 0.5) is 17.5 Å². The molecule has 0 bridgehead atoms. The highest BCUT2D eigenvalue weighted by Crippen LogP contribution is 2.23. The molecule has 2 heterocycles. The van der Waals surface area contributed by atoms with Gasteiger partial charge in [-0.2, -0.15) is 10.1 Å². The first-order valence-corrected chi connectivity index (χ1v) is 5.10. The maximum Gasteiger partial charge on any atom is 0.221 e. The second-order valence-electron chi connectivity index (χ2n) is 3.56. The lowest BCUT2D eigenvalue weighted by molar-refractivity contribution is 1.12. The number of rotatable bonds is 2. The van der Waals surface area contributed by atoms with E-state index in [1.807, 2.05) is 18.2 Å². The molecule has 0 radical (unpaired) electrons. The molecule has 0 unspecified atom stereocenters. The molecule has 6 heteroatoms. The third kappa shape index (κ3) is 1.76. The summed E-state index contributed by atoms with van der Waals surface area (Å²) >= 11 is 0. The highest BCUT2D eigenvalue weighted by atomic mass is 15.1. The lowest BCUT2D eigenvalue weighted by Crippen LogP contribution is -1.99. The summed E-state index contributed by atoms with van der Waals surface area (Å²) in [5, 5.41) is 11.1. The van der Waals surface area contributed by atoms with Crippen molar-refractivity contribution < 1.29 is 0 Å². The van der Waals surface area contributed by atoms with E-state index in [4.69, 9.17) is 5.73 Å². The highest BCUT2D eigenvalue weighted by Gasteiger charge is 2.03. The standard InChI is InChI=1S/C11H10N6/c12-11-13-5-4-10(16-11)15-8-2-1-3-9-7(8)6-14-17-9/h1-6H,(H,14,17)(H3,12,13,15,16). The molecule has 1 aromatic carbocycles. The van der Waals surface area contributed by atoms with Gasteiger partial charge in [0.25, 0.3) is 0 Å². The average molecular weight is 226 g/mol. The highest BCUT2D eigenvalue weighted by molar-refractivity contribution is 5.92. The van der Waals surface area contributed by atoms with Crippen LogP contribution in [0.5, 0.6) is 0 Å². The van der Waals surface area contributed by atoms with E-state index >= 15 is 0 Å². The molecule has 0 aliphatic heterocycles. The van der Waals surface area contributed by atoms with E-state index in [-0.39, 0.29) is 5.95 Å². The van der Waals surface area contributed by atoms with Crippen molar-refractivity contribution in [2.45, 2.75) is 0 Å². The molecule has 0 atom stereocenters. The number of anilines is 3. The van der Waals surface area contributed by atoms with Gasteiger partial charge in [-0.15, -0.1) is 0 Å². The summed E-state index contributed by atoms with van der Waals surface area (Å²) in [4.78, 5) is 7.93. The van der Waals surface area contributed by atoms with Gasteiger partial charge in [0, 0.05) is 11.6 Å². The van der Waals surface area contributed by atoms with E-state index in [1.165, 1.54) is 0 Å². The molecule has 0 amide bonds. The van der Waals surface area contributed by atoms with Crippen molar-refractivity contribution in [2.24, 2.45) is 0 Å². The van der Waals surface area contributed by atoms with Gasteiger partial charge >= 0.3 is 0 Å². The van der Waals surface area contributed by atoms with E-state index in [2.05, 4.69) is 25.5 Å². The predicted octanol–water partition coefficient (Wildman–Crippen LogP) is 1.68. The molecule has 84 valence electrons. The van der Waals surface area contributed by atoms with Crippen LogP contribution in [0.15, 0.2) is 36.7 Å². The zero-order valence-corrected chi connectivity index (χ0v) is 8.88. The van der Waals surface area contributed by atoms with Crippen molar-refractivity contribution in [1.29, 1.82) is 0 Å². The number of hydrogen-bond donors (Lipinski definition) is 3. The molecule has 17 heavy (non-hydrogen) atoms.